The molecule has 20 heavy (non-hydrogen) atoms. The average Bonchev–Trinajstić information content (AvgIpc) is 2.49. The minimum Gasteiger partial charge on any atom is -0.493 e. The van der Waals surface area contributed by atoms with E-state index >= 15 is 0 Å². The molecule has 0 saturated heterocycles. The number of carbonyl (C=O) groups is 1. The van der Waals surface area contributed by atoms with E-state index in [1.807, 2.05) is 6.92 Å². The van der Waals surface area contributed by atoms with E-state index in [9.17, 15) is 4.79 Å². The van der Waals surface area contributed by atoms with Gasteiger partial charge in [-0.3, -0.25) is 0 Å². The Morgan fingerprint density at radius 1 is 1.10 bits per heavy atom. The fourth-order valence-electron chi connectivity index (χ4n) is 1.66. The maximum absolute atomic E-state index is 11.4. The fourth-order valence-corrected chi connectivity index (χ4v) is 1.66. The first-order valence-electron chi connectivity index (χ1n) is 6.31. The lowest BCUT2D eigenvalue weighted by molar-refractivity contribution is -0.137. The van der Waals surface area contributed by atoms with Gasteiger partial charge in [0.2, 0.25) is 5.75 Å². The summed E-state index contributed by atoms with van der Waals surface area (Å²) in [5, 5.41) is 0. The lowest BCUT2D eigenvalue weighted by Crippen LogP contribution is -2.01. The van der Waals surface area contributed by atoms with Crippen LogP contribution in [-0.2, 0) is 9.53 Å². The third-order valence-electron chi connectivity index (χ3n) is 2.58. The fraction of sp³-hybridized carbons (Fsp3) is 0.400. The molecule has 1 aromatic rings. The molecule has 0 unspecified atom stereocenters. The highest BCUT2D eigenvalue weighted by Gasteiger charge is 2.14. The standard InChI is InChI=1S/C15H20O5/c1-5-10-20-13(16)9-7-11-6-8-12(17-2)15(19-4)14(11)18-3/h6-9H,5,10H2,1-4H3/b9-7+. The van der Waals surface area contributed by atoms with E-state index in [1.54, 1.807) is 25.3 Å². The molecule has 1 aromatic carbocycles. The molecule has 0 spiro atoms. The van der Waals surface area contributed by atoms with Gasteiger partial charge in [0.1, 0.15) is 0 Å². The zero-order valence-electron chi connectivity index (χ0n) is 12.3. The van der Waals surface area contributed by atoms with Gasteiger partial charge in [-0.2, -0.15) is 0 Å². The van der Waals surface area contributed by atoms with Gasteiger partial charge in [0.05, 0.1) is 27.9 Å². The van der Waals surface area contributed by atoms with Crippen LogP contribution in [0.15, 0.2) is 18.2 Å². The zero-order chi connectivity index (χ0) is 15.0. The molecule has 0 aromatic heterocycles. The SMILES string of the molecule is CCCOC(=O)/C=C/c1ccc(OC)c(OC)c1OC. The molecule has 0 saturated carbocycles. The molecule has 0 aliphatic heterocycles. The van der Waals surface area contributed by atoms with Crippen molar-refractivity contribution in [3.63, 3.8) is 0 Å². The topological polar surface area (TPSA) is 54.0 Å². The minimum atomic E-state index is -0.385. The zero-order valence-corrected chi connectivity index (χ0v) is 12.3. The first kappa shape index (κ1) is 15.9. The quantitative estimate of drug-likeness (QED) is 0.568. The van der Waals surface area contributed by atoms with Gasteiger partial charge in [0.25, 0.3) is 0 Å². The van der Waals surface area contributed by atoms with Crippen LogP contribution in [0, 0.1) is 0 Å². The van der Waals surface area contributed by atoms with Crippen molar-refractivity contribution in [3.8, 4) is 17.2 Å². The second-order valence-electron chi connectivity index (χ2n) is 3.92. The summed E-state index contributed by atoms with van der Waals surface area (Å²) < 4.78 is 20.7. The Bertz CT molecular complexity index is 479. The van der Waals surface area contributed by atoms with E-state index in [-0.39, 0.29) is 5.97 Å². The highest BCUT2D eigenvalue weighted by molar-refractivity contribution is 5.88. The predicted octanol–water partition coefficient (Wildman–Crippen LogP) is 2.68. The molecular weight excluding hydrogens is 260 g/mol. The summed E-state index contributed by atoms with van der Waals surface area (Å²) in [5.41, 5.74) is 0.707. The molecule has 0 amide bonds. The van der Waals surface area contributed by atoms with Crippen molar-refractivity contribution in [1.82, 2.24) is 0 Å². The van der Waals surface area contributed by atoms with Gasteiger partial charge in [0.15, 0.2) is 11.5 Å². The van der Waals surface area contributed by atoms with Crippen LogP contribution in [-0.4, -0.2) is 33.9 Å². The van der Waals surface area contributed by atoms with Crippen LogP contribution >= 0.6 is 0 Å². The monoisotopic (exact) mass is 280 g/mol. The van der Waals surface area contributed by atoms with Gasteiger partial charge in [-0.1, -0.05) is 6.92 Å². The van der Waals surface area contributed by atoms with Gasteiger partial charge in [-0.25, -0.2) is 4.79 Å². The molecule has 0 heterocycles. The number of esters is 1. The third kappa shape index (κ3) is 3.91. The molecular formula is C15H20O5. The number of benzene rings is 1. The smallest absolute Gasteiger partial charge is 0.330 e. The Morgan fingerprint density at radius 2 is 1.80 bits per heavy atom. The highest BCUT2D eigenvalue weighted by Crippen LogP contribution is 2.40. The van der Waals surface area contributed by atoms with Crippen molar-refractivity contribution < 1.29 is 23.7 Å². The minimum absolute atomic E-state index is 0.385. The maximum atomic E-state index is 11.4. The molecule has 0 N–H and O–H groups in total. The van der Waals surface area contributed by atoms with Crippen LogP contribution < -0.4 is 14.2 Å². The predicted molar refractivity (Wildman–Crippen MR) is 76.4 cm³/mol. The molecule has 5 nitrogen and oxygen atoms in total. The number of hydrogen-bond donors (Lipinski definition) is 0. The van der Waals surface area contributed by atoms with Crippen molar-refractivity contribution in [2.24, 2.45) is 0 Å². The highest BCUT2D eigenvalue weighted by atomic mass is 16.5. The van der Waals surface area contributed by atoms with Crippen LogP contribution in [0.4, 0.5) is 0 Å². The molecule has 0 atom stereocenters. The van der Waals surface area contributed by atoms with E-state index in [1.165, 1.54) is 20.3 Å². The normalized spacial score (nSPS) is 10.4. The van der Waals surface area contributed by atoms with Crippen molar-refractivity contribution in [1.29, 1.82) is 0 Å². The number of carbonyl (C=O) groups excluding carboxylic acids is 1. The Labute approximate surface area is 119 Å². The summed E-state index contributed by atoms with van der Waals surface area (Å²) in [6.45, 7) is 2.35. The number of ether oxygens (including phenoxy) is 4. The summed E-state index contributed by atoms with van der Waals surface area (Å²) >= 11 is 0. The van der Waals surface area contributed by atoms with Gasteiger partial charge >= 0.3 is 5.97 Å². The molecule has 5 heteroatoms. The van der Waals surface area contributed by atoms with E-state index in [4.69, 9.17) is 18.9 Å². The van der Waals surface area contributed by atoms with E-state index in [0.29, 0.717) is 29.4 Å². The number of methoxy groups -OCH3 is 3. The summed E-state index contributed by atoms with van der Waals surface area (Å²) in [5.74, 6) is 1.17. The lowest BCUT2D eigenvalue weighted by atomic mass is 10.1. The second-order valence-corrected chi connectivity index (χ2v) is 3.92. The molecule has 0 radical (unpaired) electrons. The Balaban J connectivity index is 3.00. The molecule has 0 aliphatic rings. The van der Waals surface area contributed by atoms with Gasteiger partial charge in [-0.05, 0) is 24.6 Å². The molecule has 0 bridgehead atoms. The van der Waals surface area contributed by atoms with Gasteiger partial charge < -0.3 is 18.9 Å². The summed E-state index contributed by atoms with van der Waals surface area (Å²) in [4.78, 5) is 11.4. The van der Waals surface area contributed by atoms with Crippen LogP contribution in [0.2, 0.25) is 0 Å². The van der Waals surface area contributed by atoms with Crippen molar-refractivity contribution >= 4 is 12.0 Å². The molecule has 1 rings (SSSR count). The Hall–Kier alpha value is -2.17. The van der Waals surface area contributed by atoms with Crippen molar-refractivity contribution in [2.45, 2.75) is 13.3 Å². The molecule has 110 valence electrons. The first-order chi connectivity index (χ1) is 9.67. The van der Waals surface area contributed by atoms with Gasteiger partial charge in [0, 0.05) is 11.6 Å². The largest absolute Gasteiger partial charge is 0.493 e. The Morgan fingerprint density at radius 3 is 2.35 bits per heavy atom. The van der Waals surface area contributed by atoms with E-state index < -0.39 is 0 Å². The summed E-state index contributed by atoms with van der Waals surface area (Å²) in [6, 6.07) is 3.53. The van der Waals surface area contributed by atoms with E-state index in [2.05, 4.69) is 0 Å². The van der Waals surface area contributed by atoms with Crippen LogP contribution in [0.25, 0.3) is 6.08 Å². The lowest BCUT2D eigenvalue weighted by Gasteiger charge is -2.13. The van der Waals surface area contributed by atoms with Crippen molar-refractivity contribution in [3.05, 3.63) is 23.8 Å². The van der Waals surface area contributed by atoms with Crippen LogP contribution in [0.1, 0.15) is 18.9 Å². The number of rotatable bonds is 7. The summed E-state index contributed by atoms with van der Waals surface area (Å²) in [7, 11) is 4.61. The maximum Gasteiger partial charge on any atom is 0.330 e. The van der Waals surface area contributed by atoms with Crippen LogP contribution in [0.5, 0.6) is 17.2 Å². The average molecular weight is 280 g/mol. The molecule has 0 fully saturated rings. The van der Waals surface area contributed by atoms with Crippen molar-refractivity contribution in [2.75, 3.05) is 27.9 Å². The van der Waals surface area contributed by atoms with Crippen LogP contribution in [0.3, 0.4) is 0 Å². The summed E-state index contributed by atoms with van der Waals surface area (Å²) in [6.07, 6.45) is 3.78. The van der Waals surface area contributed by atoms with E-state index in [0.717, 1.165) is 6.42 Å². The third-order valence-corrected chi connectivity index (χ3v) is 2.58. The molecule has 0 aliphatic carbocycles. The Kier molecular flexibility index (Phi) is 6.43. The van der Waals surface area contributed by atoms with Gasteiger partial charge in [-0.15, -0.1) is 0 Å². The number of hydrogen-bond acceptors (Lipinski definition) is 5. The first-order valence-corrected chi connectivity index (χ1v) is 6.31. The second kappa shape index (κ2) is 8.09.